The number of amides is 2. The maximum Gasteiger partial charge on any atom is 0.242 e. The number of carbonyl (C=O) groups excluding carboxylic acids is 2. The van der Waals surface area contributed by atoms with Gasteiger partial charge in [0.1, 0.15) is 6.04 Å². The molecule has 0 aromatic heterocycles. The summed E-state index contributed by atoms with van der Waals surface area (Å²) in [6, 6.07) is 39.3. The molecule has 0 radical (unpaired) electrons. The van der Waals surface area contributed by atoms with Crippen LogP contribution in [0.15, 0.2) is 121 Å². The molecule has 4 nitrogen and oxygen atoms in total. The SMILES string of the molecule is CNC(=O)C(Cc1ccccc1)N(Cc1ccccc1)C(=O)CC(c1ccccc1)c1ccccc1. The van der Waals surface area contributed by atoms with E-state index < -0.39 is 6.04 Å². The summed E-state index contributed by atoms with van der Waals surface area (Å²) in [6.07, 6.45) is 0.712. The maximum atomic E-state index is 14.1. The van der Waals surface area contributed by atoms with Gasteiger partial charge in [0.2, 0.25) is 11.8 Å². The summed E-state index contributed by atoms with van der Waals surface area (Å²) in [5, 5.41) is 2.79. The van der Waals surface area contributed by atoms with Crippen molar-refractivity contribution in [2.75, 3.05) is 7.05 Å². The number of likely N-dealkylation sites (N-methyl/N-ethyl adjacent to an activating group) is 1. The second-order valence-corrected chi connectivity index (χ2v) is 8.91. The quantitative estimate of drug-likeness (QED) is 0.324. The van der Waals surface area contributed by atoms with E-state index in [1.54, 1.807) is 11.9 Å². The summed E-state index contributed by atoms with van der Waals surface area (Å²) >= 11 is 0. The van der Waals surface area contributed by atoms with Crippen molar-refractivity contribution < 1.29 is 9.59 Å². The Morgan fingerprint density at radius 3 is 1.58 bits per heavy atom. The molecular weight excluding hydrogens is 444 g/mol. The van der Waals surface area contributed by atoms with Crippen LogP contribution in [0, 0.1) is 0 Å². The lowest BCUT2D eigenvalue weighted by atomic mass is 9.87. The standard InChI is InChI=1S/C32H32N2O2/c1-33-32(36)30(22-25-14-6-2-7-15-25)34(24-26-16-8-3-9-17-26)31(35)23-29(27-18-10-4-11-19-27)28-20-12-5-13-21-28/h2-21,29-30H,22-24H2,1H3,(H,33,36). The van der Waals surface area contributed by atoms with Crippen molar-refractivity contribution in [2.45, 2.75) is 31.3 Å². The van der Waals surface area contributed by atoms with Crippen molar-refractivity contribution in [3.63, 3.8) is 0 Å². The average Bonchev–Trinajstić information content (AvgIpc) is 2.95. The van der Waals surface area contributed by atoms with Crippen LogP contribution in [0.2, 0.25) is 0 Å². The Kier molecular flexibility index (Phi) is 8.66. The molecule has 0 saturated heterocycles. The predicted molar refractivity (Wildman–Crippen MR) is 144 cm³/mol. The highest BCUT2D eigenvalue weighted by Gasteiger charge is 2.31. The molecule has 1 N–H and O–H groups in total. The van der Waals surface area contributed by atoms with Gasteiger partial charge in [-0.2, -0.15) is 0 Å². The fraction of sp³-hybridized carbons (Fsp3) is 0.188. The minimum Gasteiger partial charge on any atom is -0.357 e. The van der Waals surface area contributed by atoms with E-state index in [0.29, 0.717) is 13.0 Å². The van der Waals surface area contributed by atoms with E-state index in [1.165, 1.54) is 0 Å². The van der Waals surface area contributed by atoms with Crippen LogP contribution in [0.1, 0.15) is 34.6 Å². The minimum absolute atomic E-state index is 0.0545. The monoisotopic (exact) mass is 476 g/mol. The second-order valence-electron chi connectivity index (χ2n) is 8.91. The van der Waals surface area contributed by atoms with E-state index in [1.807, 2.05) is 97.1 Å². The van der Waals surface area contributed by atoms with E-state index >= 15 is 0 Å². The zero-order valence-electron chi connectivity index (χ0n) is 20.6. The van der Waals surface area contributed by atoms with Crippen LogP contribution in [0.5, 0.6) is 0 Å². The molecule has 182 valence electrons. The third kappa shape index (κ3) is 6.48. The van der Waals surface area contributed by atoms with E-state index in [4.69, 9.17) is 0 Å². The van der Waals surface area contributed by atoms with Crippen LogP contribution < -0.4 is 5.32 Å². The first-order valence-corrected chi connectivity index (χ1v) is 12.3. The molecule has 4 aromatic rings. The van der Waals surface area contributed by atoms with E-state index in [0.717, 1.165) is 22.3 Å². The van der Waals surface area contributed by atoms with Gasteiger partial charge in [0, 0.05) is 32.4 Å². The summed E-state index contributed by atoms with van der Waals surface area (Å²) in [5.74, 6) is -0.333. The van der Waals surface area contributed by atoms with Gasteiger partial charge < -0.3 is 10.2 Å². The third-order valence-electron chi connectivity index (χ3n) is 6.50. The van der Waals surface area contributed by atoms with Crippen molar-refractivity contribution >= 4 is 11.8 Å². The van der Waals surface area contributed by atoms with Gasteiger partial charge in [-0.15, -0.1) is 0 Å². The van der Waals surface area contributed by atoms with Gasteiger partial charge in [0.25, 0.3) is 0 Å². The minimum atomic E-state index is -0.627. The van der Waals surface area contributed by atoms with Crippen molar-refractivity contribution in [3.8, 4) is 0 Å². The Labute approximate surface area is 213 Å². The maximum absolute atomic E-state index is 14.1. The van der Waals surface area contributed by atoms with E-state index in [-0.39, 0.29) is 24.2 Å². The van der Waals surface area contributed by atoms with Gasteiger partial charge >= 0.3 is 0 Å². The Balaban J connectivity index is 1.70. The Morgan fingerprint density at radius 1 is 0.667 bits per heavy atom. The van der Waals surface area contributed by atoms with E-state index in [9.17, 15) is 9.59 Å². The van der Waals surface area contributed by atoms with Crippen LogP contribution in [0.25, 0.3) is 0 Å². The Bertz CT molecular complexity index is 1190. The third-order valence-corrected chi connectivity index (χ3v) is 6.50. The highest BCUT2D eigenvalue weighted by molar-refractivity contribution is 5.88. The molecular formula is C32H32N2O2. The number of nitrogens with one attached hydrogen (secondary N) is 1. The molecule has 0 fully saturated rings. The summed E-state index contributed by atoms with van der Waals surface area (Å²) in [6.45, 7) is 0.362. The van der Waals surface area contributed by atoms with Gasteiger partial charge in [0.05, 0.1) is 0 Å². The Hall–Kier alpha value is -4.18. The molecule has 0 spiro atoms. The van der Waals surface area contributed by atoms with Crippen LogP contribution >= 0.6 is 0 Å². The summed E-state index contributed by atoms with van der Waals surface area (Å²) in [4.78, 5) is 29.0. The zero-order valence-corrected chi connectivity index (χ0v) is 20.6. The topological polar surface area (TPSA) is 49.4 Å². The van der Waals surface area contributed by atoms with Gasteiger partial charge in [0.15, 0.2) is 0 Å². The van der Waals surface area contributed by atoms with Crippen molar-refractivity contribution in [1.29, 1.82) is 0 Å². The highest BCUT2D eigenvalue weighted by atomic mass is 16.2. The van der Waals surface area contributed by atoms with Crippen LogP contribution in [-0.2, 0) is 22.6 Å². The molecule has 2 amide bonds. The molecule has 0 saturated carbocycles. The van der Waals surface area contributed by atoms with Gasteiger partial charge in [-0.1, -0.05) is 121 Å². The molecule has 0 bridgehead atoms. The van der Waals surface area contributed by atoms with Gasteiger partial charge in [-0.3, -0.25) is 9.59 Å². The van der Waals surface area contributed by atoms with Crippen LogP contribution in [0.3, 0.4) is 0 Å². The first kappa shape index (κ1) is 24.9. The first-order valence-electron chi connectivity index (χ1n) is 12.3. The normalized spacial score (nSPS) is 11.6. The second kappa shape index (κ2) is 12.5. The smallest absolute Gasteiger partial charge is 0.242 e. The van der Waals surface area contributed by atoms with Crippen molar-refractivity contribution in [1.82, 2.24) is 10.2 Å². The molecule has 4 rings (SSSR count). The lowest BCUT2D eigenvalue weighted by Crippen LogP contribution is -2.50. The molecule has 0 aliphatic heterocycles. The van der Waals surface area contributed by atoms with Crippen molar-refractivity contribution in [2.24, 2.45) is 0 Å². The van der Waals surface area contributed by atoms with E-state index in [2.05, 4.69) is 29.6 Å². The highest BCUT2D eigenvalue weighted by Crippen LogP contribution is 2.29. The van der Waals surface area contributed by atoms with Gasteiger partial charge in [-0.25, -0.2) is 0 Å². The number of hydrogen-bond donors (Lipinski definition) is 1. The Morgan fingerprint density at radius 2 is 1.11 bits per heavy atom. The summed E-state index contributed by atoms with van der Waals surface area (Å²) < 4.78 is 0. The molecule has 0 aliphatic rings. The van der Waals surface area contributed by atoms with Crippen LogP contribution in [-0.4, -0.2) is 29.8 Å². The number of carbonyl (C=O) groups is 2. The zero-order chi connectivity index (χ0) is 25.2. The van der Waals surface area contributed by atoms with Crippen molar-refractivity contribution in [3.05, 3.63) is 144 Å². The predicted octanol–water partition coefficient (Wildman–Crippen LogP) is 5.59. The fourth-order valence-electron chi connectivity index (χ4n) is 4.59. The van der Waals surface area contributed by atoms with Crippen LogP contribution in [0.4, 0.5) is 0 Å². The summed E-state index contributed by atoms with van der Waals surface area (Å²) in [5.41, 5.74) is 4.16. The molecule has 4 heteroatoms. The fourth-order valence-corrected chi connectivity index (χ4v) is 4.59. The molecule has 36 heavy (non-hydrogen) atoms. The van der Waals surface area contributed by atoms with Gasteiger partial charge in [-0.05, 0) is 22.3 Å². The molecule has 0 heterocycles. The number of rotatable bonds is 10. The average molecular weight is 477 g/mol. The number of benzene rings is 4. The largest absolute Gasteiger partial charge is 0.357 e. The molecule has 4 aromatic carbocycles. The molecule has 1 atom stereocenters. The number of hydrogen-bond acceptors (Lipinski definition) is 2. The molecule has 1 unspecified atom stereocenters. The first-order chi connectivity index (χ1) is 17.7. The molecule has 0 aliphatic carbocycles. The lowest BCUT2D eigenvalue weighted by Gasteiger charge is -2.32. The summed E-state index contributed by atoms with van der Waals surface area (Å²) in [7, 11) is 1.63. The lowest BCUT2D eigenvalue weighted by molar-refractivity contribution is -0.141. The number of nitrogens with zero attached hydrogens (tertiary/aromatic N) is 1.